The molecule has 94 valence electrons. The summed E-state index contributed by atoms with van der Waals surface area (Å²) in [5.74, 6) is -0.0638. The number of nitrogens with one attached hydrogen (secondary N) is 1. The zero-order chi connectivity index (χ0) is 13.0. The third-order valence-corrected chi connectivity index (χ3v) is 3.29. The first-order valence-corrected chi connectivity index (χ1v) is 6.67. The van der Waals surface area contributed by atoms with Gasteiger partial charge in [-0.05, 0) is 31.0 Å². The van der Waals surface area contributed by atoms with E-state index in [2.05, 4.69) is 15.5 Å². The number of aromatic nitrogens is 2. The molecule has 0 saturated heterocycles. The minimum Gasteiger partial charge on any atom is -0.301 e. The van der Waals surface area contributed by atoms with E-state index < -0.39 is 0 Å². The molecule has 0 spiro atoms. The number of rotatable bonds is 4. The fourth-order valence-electron chi connectivity index (χ4n) is 1.48. The first-order valence-electron chi connectivity index (χ1n) is 5.48. The van der Waals surface area contributed by atoms with Crippen LogP contribution in [0.25, 0.3) is 0 Å². The summed E-state index contributed by atoms with van der Waals surface area (Å²) in [4.78, 5) is 11.7. The SMILES string of the molecule is Cc1nnc(NC(=O)CCc2cccc(Cl)c2)s1. The summed E-state index contributed by atoms with van der Waals surface area (Å²) in [6.07, 6.45) is 1.06. The molecule has 0 unspecified atom stereocenters. The minimum absolute atomic E-state index is 0.0638. The predicted octanol–water partition coefficient (Wildman–Crippen LogP) is 3.07. The maximum Gasteiger partial charge on any atom is 0.226 e. The molecule has 6 heteroatoms. The Morgan fingerprint density at radius 2 is 2.28 bits per heavy atom. The normalized spacial score (nSPS) is 10.3. The Bertz CT molecular complexity index is 556. The number of anilines is 1. The van der Waals surface area contributed by atoms with Crippen molar-refractivity contribution >= 4 is 34.0 Å². The van der Waals surface area contributed by atoms with E-state index in [0.717, 1.165) is 10.6 Å². The zero-order valence-corrected chi connectivity index (χ0v) is 11.4. The van der Waals surface area contributed by atoms with E-state index in [1.54, 1.807) is 0 Å². The molecule has 1 aromatic carbocycles. The Balaban J connectivity index is 1.85. The molecule has 18 heavy (non-hydrogen) atoms. The highest BCUT2D eigenvalue weighted by Gasteiger charge is 2.06. The summed E-state index contributed by atoms with van der Waals surface area (Å²) < 4.78 is 0. The maximum atomic E-state index is 11.7. The third-order valence-electron chi connectivity index (χ3n) is 2.30. The first kappa shape index (κ1) is 13.0. The molecular formula is C12H12ClN3OS. The second-order valence-corrected chi connectivity index (χ2v) is 5.42. The monoisotopic (exact) mass is 281 g/mol. The third kappa shape index (κ3) is 3.78. The Kier molecular flexibility index (Phi) is 4.28. The summed E-state index contributed by atoms with van der Waals surface area (Å²) in [5, 5.41) is 12.5. The number of halogens is 1. The van der Waals surface area contributed by atoms with Crippen LogP contribution < -0.4 is 5.32 Å². The molecule has 4 nitrogen and oxygen atoms in total. The highest BCUT2D eigenvalue weighted by molar-refractivity contribution is 7.15. The van der Waals surface area contributed by atoms with Crippen LogP contribution in [0.4, 0.5) is 5.13 Å². The molecule has 0 radical (unpaired) electrons. The summed E-state index contributed by atoms with van der Waals surface area (Å²) >= 11 is 7.24. The van der Waals surface area contributed by atoms with Gasteiger partial charge in [0, 0.05) is 11.4 Å². The van der Waals surface area contributed by atoms with Gasteiger partial charge in [0.1, 0.15) is 5.01 Å². The summed E-state index contributed by atoms with van der Waals surface area (Å²) in [6.45, 7) is 1.85. The van der Waals surface area contributed by atoms with Crippen LogP contribution in [0, 0.1) is 6.92 Å². The van der Waals surface area contributed by atoms with Crippen molar-refractivity contribution in [3.05, 3.63) is 39.9 Å². The fourth-order valence-corrected chi connectivity index (χ4v) is 2.30. The number of aryl methyl sites for hydroxylation is 2. The smallest absolute Gasteiger partial charge is 0.226 e. The van der Waals surface area contributed by atoms with E-state index in [-0.39, 0.29) is 5.91 Å². The lowest BCUT2D eigenvalue weighted by atomic mass is 10.1. The zero-order valence-electron chi connectivity index (χ0n) is 9.81. The van der Waals surface area contributed by atoms with Gasteiger partial charge < -0.3 is 5.32 Å². The second-order valence-electron chi connectivity index (χ2n) is 3.80. The topological polar surface area (TPSA) is 54.9 Å². The fraction of sp³-hybridized carbons (Fsp3) is 0.250. The van der Waals surface area contributed by atoms with Gasteiger partial charge in [0.05, 0.1) is 0 Å². The molecule has 0 aliphatic carbocycles. The highest BCUT2D eigenvalue weighted by Crippen LogP contribution is 2.15. The van der Waals surface area contributed by atoms with Gasteiger partial charge in [-0.25, -0.2) is 0 Å². The number of benzene rings is 1. The molecule has 1 aromatic heterocycles. The molecule has 2 aromatic rings. The van der Waals surface area contributed by atoms with E-state index in [1.807, 2.05) is 31.2 Å². The number of hydrogen-bond donors (Lipinski definition) is 1. The van der Waals surface area contributed by atoms with Crippen LogP contribution in [0.5, 0.6) is 0 Å². The molecule has 0 aliphatic heterocycles. The standard InChI is InChI=1S/C12H12ClN3OS/c1-8-15-16-12(18-8)14-11(17)6-5-9-3-2-4-10(13)7-9/h2-4,7H,5-6H2,1H3,(H,14,16,17). The Morgan fingerprint density at radius 3 is 2.94 bits per heavy atom. The van der Waals surface area contributed by atoms with Crippen LogP contribution in [-0.4, -0.2) is 16.1 Å². The van der Waals surface area contributed by atoms with E-state index in [0.29, 0.717) is 23.0 Å². The number of carbonyl (C=O) groups excluding carboxylic acids is 1. The summed E-state index contributed by atoms with van der Waals surface area (Å²) in [7, 11) is 0. The van der Waals surface area contributed by atoms with Gasteiger partial charge in [0.25, 0.3) is 0 Å². The maximum absolute atomic E-state index is 11.7. The van der Waals surface area contributed by atoms with E-state index in [4.69, 9.17) is 11.6 Å². The summed E-state index contributed by atoms with van der Waals surface area (Å²) in [6, 6.07) is 7.51. The lowest BCUT2D eigenvalue weighted by Gasteiger charge is -2.02. The van der Waals surface area contributed by atoms with Gasteiger partial charge in [0.15, 0.2) is 0 Å². The lowest BCUT2D eigenvalue weighted by Crippen LogP contribution is -2.12. The van der Waals surface area contributed by atoms with Gasteiger partial charge in [-0.15, -0.1) is 10.2 Å². The van der Waals surface area contributed by atoms with Crippen molar-refractivity contribution in [2.45, 2.75) is 19.8 Å². The van der Waals surface area contributed by atoms with Gasteiger partial charge >= 0.3 is 0 Å². The first-order chi connectivity index (χ1) is 8.63. The van der Waals surface area contributed by atoms with Crippen molar-refractivity contribution in [3.8, 4) is 0 Å². The van der Waals surface area contributed by atoms with Crippen molar-refractivity contribution in [2.75, 3.05) is 5.32 Å². The van der Waals surface area contributed by atoms with Crippen molar-refractivity contribution in [1.82, 2.24) is 10.2 Å². The van der Waals surface area contributed by atoms with Crippen molar-refractivity contribution in [3.63, 3.8) is 0 Å². The molecule has 1 N–H and O–H groups in total. The van der Waals surface area contributed by atoms with E-state index in [9.17, 15) is 4.79 Å². The lowest BCUT2D eigenvalue weighted by molar-refractivity contribution is -0.116. The number of nitrogens with zero attached hydrogens (tertiary/aromatic N) is 2. The van der Waals surface area contributed by atoms with Crippen LogP contribution in [0.1, 0.15) is 17.0 Å². The van der Waals surface area contributed by atoms with Crippen LogP contribution in [0.2, 0.25) is 5.02 Å². The molecule has 0 bridgehead atoms. The van der Waals surface area contributed by atoms with Gasteiger partial charge in [0.2, 0.25) is 11.0 Å². The van der Waals surface area contributed by atoms with E-state index in [1.165, 1.54) is 11.3 Å². The molecule has 0 aliphatic rings. The molecule has 0 atom stereocenters. The molecule has 0 fully saturated rings. The quantitative estimate of drug-likeness (QED) is 0.937. The van der Waals surface area contributed by atoms with Gasteiger partial charge in [-0.1, -0.05) is 35.1 Å². The number of carbonyl (C=O) groups is 1. The second kappa shape index (κ2) is 5.93. The van der Waals surface area contributed by atoms with Crippen molar-refractivity contribution < 1.29 is 4.79 Å². The molecule has 2 rings (SSSR count). The predicted molar refractivity (Wildman–Crippen MR) is 73.0 cm³/mol. The molecule has 1 heterocycles. The number of amides is 1. The average molecular weight is 282 g/mol. The van der Waals surface area contributed by atoms with Gasteiger partial charge in [-0.3, -0.25) is 4.79 Å². The largest absolute Gasteiger partial charge is 0.301 e. The Morgan fingerprint density at radius 1 is 1.44 bits per heavy atom. The van der Waals surface area contributed by atoms with E-state index >= 15 is 0 Å². The summed E-state index contributed by atoms with van der Waals surface area (Å²) in [5.41, 5.74) is 1.05. The van der Waals surface area contributed by atoms with Crippen molar-refractivity contribution in [2.24, 2.45) is 0 Å². The van der Waals surface area contributed by atoms with Crippen LogP contribution >= 0.6 is 22.9 Å². The van der Waals surface area contributed by atoms with Gasteiger partial charge in [-0.2, -0.15) is 0 Å². The van der Waals surface area contributed by atoms with Crippen LogP contribution in [0.3, 0.4) is 0 Å². The number of hydrogen-bond acceptors (Lipinski definition) is 4. The van der Waals surface area contributed by atoms with Crippen molar-refractivity contribution in [1.29, 1.82) is 0 Å². The highest BCUT2D eigenvalue weighted by atomic mass is 35.5. The molecule has 0 saturated carbocycles. The van der Waals surface area contributed by atoms with Crippen LogP contribution in [0.15, 0.2) is 24.3 Å². The molecular weight excluding hydrogens is 270 g/mol. The minimum atomic E-state index is -0.0638. The average Bonchev–Trinajstić information content (AvgIpc) is 2.72. The Labute approximate surface area is 114 Å². The molecule has 1 amide bonds. The van der Waals surface area contributed by atoms with Crippen LogP contribution in [-0.2, 0) is 11.2 Å². The Hall–Kier alpha value is -1.46.